The molecule has 32 heavy (non-hydrogen) atoms. The summed E-state index contributed by atoms with van der Waals surface area (Å²) in [6.45, 7) is 4.58. The molecule has 0 spiro atoms. The van der Waals surface area contributed by atoms with Gasteiger partial charge in [0.15, 0.2) is 5.78 Å². The Morgan fingerprint density at radius 3 is 2.31 bits per heavy atom. The van der Waals surface area contributed by atoms with Crippen LogP contribution in [-0.2, 0) is 21.4 Å². The van der Waals surface area contributed by atoms with Gasteiger partial charge >= 0.3 is 5.97 Å². The molecule has 0 unspecified atom stereocenters. The number of amides is 1. The van der Waals surface area contributed by atoms with Gasteiger partial charge in [0, 0.05) is 30.8 Å². The standard InChI is InChI=1S/C25H28N2O5/c1-24(2)14-19-17(20(28)15-24)13-18(21(29)26-19)22(30)27-11-9-25(10-12-27,23(31)32-3)16-7-5-4-6-8-16/h4-8,13H,9-12,14-15H2,1-3H3,(H,26,29). The summed E-state index contributed by atoms with van der Waals surface area (Å²) in [5.74, 6) is -0.803. The molecule has 1 N–H and O–H groups in total. The van der Waals surface area contributed by atoms with Gasteiger partial charge in [-0.15, -0.1) is 0 Å². The van der Waals surface area contributed by atoms with Crippen LogP contribution in [0.4, 0.5) is 0 Å². The van der Waals surface area contributed by atoms with Crippen molar-refractivity contribution >= 4 is 17.7 Å². The average molecular weight is 437 g/mol. The van der Waals surface area contributed by atoms with Crippen LogP contribution in [-0.4, -0.2) is 47.7 Å². The topological polar surface area (TPSA) is 96.5 Å². The number of nitrogens with zero attached hydrogens (tertiary/aromatic N) is 1. The number of aromatic amines is 1. The van der Waals surface area contributed by atoms with E-state index in [0.717, 1.165) is 5.56 Å². The highest BCUT2D eigenvalue weighted by Crippen LogP contribution is 2.37. The molecule has 1 aromatic heterocycles. The zero-order valence-electron chi connectivity index (χ0n) is 18.7. The minimum atomic E-state index is -0.823. The number of fused-ring (bicyclic) bond motifs is 1. The van der Waals surface area contributed by atoms with E-state index in [9.17, 15) is 19.2 Å². The number of aromatic nitrogens is 1. The lowest BCUT2D eigenvalue weighted by atomic mass is 9.72. The van der Waals surface area contributed by atoms with Crippen LogP contribution in [0.25, 0.3) is 0 Å². The molecule has 0 bridgehead atoms. The number of ketones is 1. The molecule has 2 aliphatic rings. The number of nitrogens with one attached hydrogen (secondary N) is 1. The third-order valence-corrected chi connectivity index (χ3v) is 6.75. The number of carbonyl (C=O) groups excluding carboxylic acids is 3. The summed E-state index contributed by atoms with van der Waals surface area (Å²) in [5, 5.41) is 0. The Morgan fingerprint density at radius 1 is 1.03 bits per heavy atom. The second-order valence-corrected chi connectivity index (χ2v) is 9.58. The predicted octanol–water partition coefficient (Wildman–Crippen LogP) is 2.88. The summed E-state index contributed by atoms with van der Waals surface area (Å²) in [6, 6.07) is 10.9. The predicted molar refractivity (Wildman–Crippen MR) is 119 cm³/mol. The molecule has 2 heterocycles. The normalized spacial score (nSPS) is 19.2. The lowest BCUT2D eigenvalue weighted by molar-refractivity contribution is -0.149. The van der Waals surface area contributed by atoms with Crippen molar-refractivity contribution in [3.8, 4) is 0 Å². The first-order chi connectivity index (χ1) is 15.2. The van der Waals surface area contributed by atoms with Gasteiger partial charge in [0.1, 0.15) is 5.56 Å². The maximum Gasteiger partial charge on any atom is 0.316 e. The van der Waals surface area contributed by atoms with E-state index in [1.54, 1.807) is 4.90 Å². The molecule has 0 saturated carbocycles. The van der Waals surface area contributed by atoms with Crippen LogP contribution >= 0.6 is 0 Å². The third kappa shape index (κ3) is 3.76. The summed E-state index contributed by atoms with van der Waals surface area (Å²) < 4.78 is 5.10. The summed E-state index contributed by atoms with van der Waals surface area (Å²) >= 11 is 0. The van der Waals surface area contributed by atoms with Crippen molar-refractivity contribution in [3.63, 3.8) is 0 Å². The van der Waals surface area contributed by atoms with Crippen molar-refractivity contribution in [1.29, 1.82) is 0 Å². The lowest BCUT2D eigenvalue weighted by Gasteiger charge is -2.40. The number of pyridine rings is 1. The lowest BCUT2D eigenvalue weighted by Crippen LogP contribution is -2.50. The number of rotatable bonds is 3. The number of benzene rings is 1. The number of Topliss-reactive ketones (excluding diaryl/α,β-unsaturated/α-hetero) is 1. The molecule has 1 aliphatic heterocycles. The van der Waals surface area contributed by atoms with E-state index < -0.39 is 16.9 Å². The number of carbonyl (C=O) groups is 3. The molecular weight excluding hydrogens is 408 g/mol. The van der Waals surface area contributed by atoms with Crippen molar-refractivity contribution in [3.05, 3.63) is 69.1 Å². The Balaban J connectivity index is 1.59. The molecule has 1 aliphatic carbocycles. The number of likely N-dealkylation sites (tertiary alicyclic amines) is 1. The smallest absolute Gasteiger partial charge is 0.316 e. The highest BCUT2D eigenvalue weighted by atomic mass is 16.5. The monoisotopic (exact) mass is 436 g/mol. The molecule has 7 heteroatoms. The second-order valence-electron chi connectivity index (χ2n) is 9.58. The van der Waals surface area contributed by atoms with E-state index in [4.69, 9.17) is 4.74 Å². The summed E-state index contributed by atoms with van der Waals surface area (Å²) in [7, 11) is 1.37. The van der Waals surface area contributed by atoms with Crippen molar-refractivity contribution in [1.82, 2.24) is 9.88 Å². The molecule has 0 radical (unpaired) electrons. The van der Waals surface area contributed by atoms with Gasteiger partial charge in [-0.05, 0) is 36.3 Å². The van der Waals surface area contributed by atoms with E-state index in [1.165, 1.54) is 13.2 Å². The molecule has 1 aromatic carbocycles. The first-order valence-corrected chi connectivity index (χ1v) is 10.9. The van der Waals surface area contributed by atoms with Gasteiger partial charge in [-0.3, -0.25) is 19.2 Å². The maximum atomic E-state index is 13.2. The highest BCUT2D eigenvalue weighted by molar-refractivity contribution is 6.02. The Hall–Kier alpha value is -3.22. The van der Waals surface area contributed by atoms with E-state index in [-0.39, 0.29) is 22.7 Å². The number of esters is 1. The van der Waals surface area contributed by atoms with Crippen LogP contribution in [0.15, 0.2) is 41.2 Å². The zero-order valence-corrected chi connectivity index (χ0v) is 18.7. The van der Waals surface area contributed by atoms with E-state index in [0.29, 0.717) is 50.0 Å². The van der Waals surface area contributed by atoms with Gasteiger partial charge < -0.3 is 14.6 Å². The number of ether oxygens (including phenoxy) is 1. The quantitative estimate of drug-likeness (QED) is 0.747. The maximum absolute atomic E-state index is 13.2. The van der Waals surface area contributed by atoms with Crippen molar-refractivity contribution in [2.45, 2.75) is 44.9 Å². The fraction of sp³-hybridized carbons (Fsp3) is 0.440. The molecule has 0 atom stereocenters. The zero-order chi connectivity index (χ0) is 23.1. The highest BCUT2D eigenvalue weighted by Gasteiger charge is 2.45. The van der Waals surface area contributed by atoms with E-state index in [1.807, 2.05) is 44.2 Å². The van der Waals surface area contributed by atoms with Gasteiger partial charge in [-0.1, -0.05) is 44.2 Å². The van der Waals surface area contributed by atoms with Crippen LogP contribution in [0, 0.1) is 5.41 Å². The van der Waals surface area contributed by atoms with Crippen molar-refractivity contribution in [2.24, 2.45) is 5.41 Å². The average Bonchev–Trinajstić information content (AvgIpc) is 2.77. The van der Waals surface area contributed by atoms with Crippen LogP contribution in [0.5, 0.6) is 0 Å². The number of piperidine rings is 1. The second kappa shape index (κ2) is 8.04. The minimum absolute atomic E-state index is 0.0258. The fourth-order valence-corrected chi connectivity index (χ4v) is 5.01. The Kier molecular flexibility index (Phi) is 5.53. The fourth-order valence-electron chi connectivity index (χ4n) is 5.01. The van der Waals surface area contributed by atoms with Crippen LogP contribution in [0.2, 0.25) is 0 Å². The number of hydrogen-bond donors (Lipinski definition) is 1. The molecule has 2 aromatic rings. The van der Waals surface area contributed by atoms with Crippen LogP contribution < -0.4 is 5.56 Å². The largest absolute Gasteiger partial charge is 0.468 e. The summed E-state index contributed by atoms with van der Waals surface area (Å²) in [4.78, 5) is 55.6. The first-order valence-electron chi connectivity index (χ1n) is 10.9. The Labute approximate surface area is 186 Å². The molecule has 1 fully saturated rings. The first kappa shape index (κ1) is 22.0. The molecular formula is C25H28N2O5. The van der Waals surface area contributed by atoms with Gasteiger partial charge in [-0.2, -0.15) is 0 Å². The Morgan fingerprint density at radius 2 is 1.69 bits per heavy atom. The molecule has 168 valence electrons. The SMILES string of the molecule is COC(=O)C1(c2ccccc2)CCN(C(=O)c2cc3c([nH]c2=O)CC(C)(C)CC3=O)CC1. The van der Waals surface area contributed by atoms with Gasteiger partial charge in [0.05, 0.1) is 12.5 Å². The summed E-state index contributed by atoms with van der Waals surface area (Å²) in [6.07, 6.45) is 1.75. The number of methoxy groups -OCH3 is 1. The number of hydrogen-bond acceptors (Lipinski definition) is 5. The van der Waals surface area contributed by atoms with Gasteiger partial charge in [0.25, 0.3) is 11.5 Å². The van der Waals surface area contributed by atoms with E-state index in [2.05, 4.69) is 4.98 Å². The van der Waals surface area contributed by atoms with Gasteiger partial charge in [-0.25, -0.2) is 0 Å². The van der Waals surface area contributed by atoms with Gasteiger partial charge in [0.2, 0.25) is 0 Å². The van der Waals surface area contributed by atoms with Crippen LogP contribution in [0.3, 0.4) is 0 Å². The molecule has 7 nitrogen and oxygen atoms in total. The van der Waals surface area contributed by atoms with Crippen LogP contribution in [0.1, 0.15) is 65.1 Å². The molecule has 4 rings (SSSR count). The number of H-pyrrole nitrogens is 1. The van der Waals surface area contributed by atoms with Crippen molar-refractivity contribution < 1.29 is 19.1 Å². The Bertz CT molecular complexity index is 1120. The molecule has 1 saturated heterocycles. The third-order valence-electron chi connectivity index (χ3n) is 6.75. The molecule has 1 amide bonds. The van der Waals surface area contributed by atoms with Crippen molar-refractivity contribution in [2.75, 3.05) is 20.2 Å². The minimum Gasteiger partial charge on any atom is -0.468 e. The van der Waals surface area contributed by atoms with E-state index >= 15 is 0 Å². The summed E-state index contributed by atoms with van der Waals surface area (Å²) in [5.41, 5.74) is 0.335.